The van der Waals surface area contributed by atoms with Gasteiger partial charge in [0.25, 0.3) is 0 Å². The molecule has 1 aromatic rings. The zero-order valence-electron chi connectivity index (χ0n) is 16.8. The number of unbranched alkanes of at least 4 members (excludes halogenated alkanes) is 9. The predicted molar refractivity (Wildman–Crippen MR) is 106 cm³/mol. The summed E-state index contributed by atoms with van der Waals surface area (Å²) in [6.45, 7) is 5.42. The molecule has 0 radical (unpaired) electrons. The van der Waals surface area contributed by atoms with Crippen molar-refractivity contribution in [2.75, 3.05) is 33.8 Å². The summed E-state index contributed by atoms with van der Waals surface area (Å²) in [7, 11) is 4.64. The van der Waals surface area contributed by atoms with Crippen LogP contribution in [0.2, 0.25) is 0 Å². The molecule has 0 spiro atoms. The van der Waals surface area contributed by atoms with Gasteiger partial charge < -0.3 is 13.9 Å². The molecule has 2 nitrogen and oxygen atoms in total. The van der Waals surface area contributed by atoms with E-state index in [-0.39, 0.29) is 4.70 Å². The fourth-order valence-corrected chi connectivity index (χ4v) is 3.07. The Morgan fingerprint density at radius 3 is 1.80 bits per heavy atom. The molecule has 1 rings (SSSR count). The number of para-hydroxylation sites is 1. The van der Waals surface area contributed by atoms with Crippen LogP contribution in [0.25, 0.3) is 0 Å². The standard InChI is InChI=1S/C22H40NO.FH/c1-4-5-6-7-8-9-10-11-12-16-19-23(2,3)20-21-24-22-17-14-13-15-18-22;/h13-15,17-18H,4-12,16,19-21H2,1-3H3;1H/q+1;/p-1. The second kappa shape index (κ2) is 15.2. The van der Waals surface area contributed by atoms with E-state index in [1.165, 1.54) is 70.8 Å². The zero-order valence-corrected chi connectivity index (χ0v) is 16.8. The van der Waals surface area contributed by atoms with Crippen molar-refractivity contribution in [2.24, 2.45) is 0 Å². The number of hydrogen-bond donors (Lipinski definition) is 0. The van der Waals surface area contributed by atoms with Gasteiger partial charge >= 0.3 is 0 Å². The van der Waals surface area contributed by atoms with Crippen LogP contribution < -0.4 is 9.44 Å². The normalized spacial score (nSPS) is 11.2. The first-order chi connectivity index (χ1) is 11.6. The molecule has 0 heterocycles. The number of likely N-dealkylation sites (N-methyl/N-ethyl adjacent to an activating group) is 1. The lowest BCUT2D eigenvalue weighted by molar-refractivity contribution is -0.890. The highest BCUT2D eigenvalue weighted by atomic mass is 19.0. The van der Waals surface area contributed by atoms with Crippen molar-refractivity contribution in [1.29, 1.82) is 0 Å². The maximum atomic E-state index is 5.83. The molecule has 0 N–H and O–H groups in total. The van der Waals surface area contributed by atoms with Gasteiger partial charge in [0, 0.05) is 0 Å². The molecule has 0 unspecified atom stereocenters. The van der Waals surface area contributed by atoms with Gasteiger partial charge in [-0.1, -0.05) is 76.5 Å². The number of halogens is 1. The van der Waals surface area contributed by atoms with Crippen LogP contribution in [0.3, 0.4) is 0 Å². The molecule has 0 atom stereocenters. The maximum Gasteiger partial charge on any atom is 0.137 e. The Morgan fingerprint density at radius 2 is 1.24 bits per heavy atom. The first-order valence-corrected chi connectivity index (χ1v) is 10.1. The molecular weight excluding hydrogens is 313 g/mol. The van der Waals surface area contributed by atoms with Gasteiger partial charge in [0.05, 0.1) is 20.6 Å². The Hall–Kier alpha value is -1.09. The molecule has 0 amide bonds. The molecule has 1 aromatic carbocycles. The summed E-state index contributed by atoms with van der Waals surface area (Å²) < 4.78 is 6.89. The van der Waals surface area contributed by atoms with Crippen LogP contribution in [0.15, 0.2) is 30.3 Å². The maximum absolute atomic E-state index is 5.83. The summed E-state index contributed by atoms with van der Waals surface area (Å²) in [6, 6.07) is 10.1. The highest BCUT2D eigenvalue weighted by molar-refractivity contribution is 5.20. The van der Waals surface area contributed by atoms with E-state index in [4.69, 9.17) is 4.74 Å². The number of quaternary nitrogens is 1. The molecule has 0 saturated heterocycles. The Morgan fingerprint density at radius 1 is 0.720 bits per heavy atom. The van der Waals surface area contributed by atoms with E-state index in [0.29, 0.717) is 0 Å². The van der Waals surface area contributed by atoms with Gasteiger partial charge in [-0.05, 0) is 25.0 Å². The van der Waals surface area contributed by atoms with Gasteiger partial charge in [0.15, 0.2) is 0 Å². The molecule has 0 aliphatic heterocycles. The van der Waals surface area contributed by atoms with E-state index >= 15 is 0 Å². The van der Waals surface area contributed by atoms with E-state index in [1.54, 1.807) is 0 Å². The molecule has 0 aliphatic carbocycles. The fraction of sp³-hybridized carbons (Fsp3) is 0.727. The second-order valence-corrected chi connectivity index (χ2v) is 7.73. The summed E-state index contributed by atoms with van der Waals surface area (Å²) in [4.78, 5) is 0. The predicted octanol–water partition coefficient (Wildman–Crippen LogP) is 3.07. The van der Waals surface area contributed by atoms with Crippen LogP contribution in [-0.4, -0.2) is 38.3 Å². The van der Waals surface area contributed by atoms with E-state index in [9.17, 15) is 0 Å². The molecule has 146 valence electrons. The van der Waals surface area contributed by atoms with Gasteiger partial charge in [0.1, 0.15) is 18.9 Å². The summed E-state index contributed by atoms with van der Waals surface area (Å²) in [5.41, 5.74) is 0. The Balaban J connectivity index is 0.00000576. The van der Waals surface area contributed by atoms with Crippen LogP contribution in [0.5, 0.6) is 5.75 Å². The van der Waals surface area contributed by atoms with Gasteiger partial charge in [-0.2, -0.15) is 0 Å². The lowest BCUT2D eigenvalue weighted by Gasteiger charge is -2.29. The topological polar surface area (TPSA) is 9.23 Å². The van der Waals surface area contributed by atoms with Crippen molar-refractivity contribution in [2.45, 2.75) is 71.1 Å². The highest BCUT2D eigenvalue weighted by Gasteiger charge is 2.14. The number of benzene rings is 1. The first kappa shape index (κ1) is 23.9. The monoisotopic (exact) mass is 353 g/mol. The fourth-order valence-electron chi connectivity index (χ4n) is 3.07. The third-order valence-corrected chi connectivity index (χ3v) is 4.83. The van der Waals surface area contributed by atoms with E-state index in [0.717, 1.165) is 23.4 Å². The van der Waals surface area contributed by atoms with Crippen molar-refractivity contribution >= 4 is 0 Å². The largest absolute Gasteiger partial charge is 1.00 e. The average molecular weight is 354 g/mol. The third-order valence-electron chi connectivity index (χ3n) is 4.83. The SMILES string of the molecule is CCCCCCCCCCCC[N+](C)(C)CCOc1ccccc1.[F-]. The zero-order chi connectivity index (χ0) is 17.5. The van der Waals surface area contributed by atoms with E-state index < -0.39 is 0 Å². The van der Waals surface area contributed by atoms with Crippen molar-refractivity contribution in [1.82, 2.24) is 0 Å². The number of nitrogens with zero attached hydrogens (tertiary/aromatic N) is 1. The van der Waals surface area contributed by atoms with Gasteiger partial charge in [-0.25, -0.2) is 0 Å². The van der Waals surface area contributed by atoms with Crippen LogP contribution in [0.4, 0.5) is 0 Å². The third kappa shape index (κ3) is 13.8. The highest BCUT2D eigenvalue weighted by Crippen LogP contribution is 2.12. The van der Waals surface area contributed by atoms with Crippen molar-refractivity contribution < 1.29 is 13.9 Å². The Labute approximate surface area is 155 Å². The van der Waals surface area contributed by atoms with Gasteiger partial charge in [0.2, 0.25) is 0 Å². The minimum Gasteiger partial charge on any atom is -1.00 e. The molecule has 0 saturated carbocycles. The van der Waals surface area contributed by atoms with Crippen LogP contribution in [0.1, 0.15) is 71.1 Å². The molecular formula is C22H40FNO. The molecule has 0 fully saturated rings. The van der Waals surface area contributed by atoms with Crippen LogP contribution in [-0.2, 0) is 0 Å². The summed E-state index contributed by atoms with van der Waals surface area (Å²) in [5, 5.41) is 0. The van der Waals surface area contributed by atoms with E-state index in [1.807, 2.05) is 30.3 Å². The minimum atomic E-state index is 0. The van der Waals surface area contributed by atoms with E-state index in [2.05, 4.69) is 21.0 Å². The van der Waals surface area contributed by atoms with Gasteiger partial charge in [-0.3, -0.25) is 0 Å². The average Bonchev–Trinajstić information content (AvgIpc) is 2.57. The van der Waals surface area contributed by atoms with Gasteiger partial charge in [-0.15, -0.1) is 0 Å². The van der Waals surface area contributed by atoms with Crippen LogP contribution >= 0.6 is 0 Å². The Kier molecular flexibility index (Phi) is 14.5. The summed E-state index contributed by atoms with van der Waals surface area (Å²) in [5.74, 6) is 0.983. The second-order valence-electron chi connectivity index (χ2n) is 7.73. The molecule has 0 bridgehead atoms. The summed E-state index contributed by atoms with van der Waals surface area (Å²) >= 11 is 0. The molecule has 0 aromatic heterocycles. The lowest BCUT2D eigenvalue weighted by Crippen LogP contribution is -3.00. The number of ether oxygens (including phenoxy) is 1. The smallest absolute Gasteiger partial charge is 0.137 e. The minimum absolute atomic E-state index is 0. The number of rotatable bonds is 15. The van der Waals surface area contributed by atoms with Crippen molar-refractivity contribution in [3.63, 3.8) is 0 Å². The number of hydrogen-bond acceptors (Lipinski definition) is 1. The molecule has 3 heteroatoms. The Bertz CT molecular complexity index is 394. The lowest BCUT2D eigenvalue weighted by atomic mass is 10.1. The summed E-state index contributed by atoms with van der Waals surface area (Å²) in [6.07, 6.45) is 14.1. The van der Waals surface area contributed by atoms with Crippen molar-refractivity contribution in [3.8, 4) is 5.75 Å². The van der Waals surface area contributed by atoms with Crippen LogP contribution in [0, 0.1) is 0 Å². The molecule has 0 aliphatic rings. The first-order valence-electron chi connectivity index (χ1n) is 10.1. The quantitative estimate of drug-likeness (QED) is 0.348. The van der Waals surface area contributed by atoms with Crippen molar-refractivity contribution in [3.05, 3.63) is 30.3 Å². The molecule has 25 heavy (non-hydrogen) atoms.